The van der Waals surface area contributed by atoms with E-state index >= 15 is 0 Å². The summed E-state index contributed by atoms with van der Waals surface area (Å²) in [6.45, 7) is 2.49. The van der Waals surface area contributed by atoms with Gasteiger partial charge in [0.1, 0.15) is 11.5 Å². The van der Waals surface area contributed by atoms with Crippen LogP contribution in [0.3, 0.4) is 0 Å². The van der Waals surface area contributed by atoms with E-state index in [1.165, 1.54) is 23.5 Å². The molecule has 0 aliphatic carbocycles. The van der Waals surface area contributed by atoms with Gasteiger partial charge in [0.25, 0.3) is 10.0 Å². The lowest BCUT2D eigenvalue weighted by Crippen LogP contribution is -2.31. The molecule has 0 saturated carbocycles. The van der Waals surface area contributed by atoms with Gasteiger partial charge in [-0.2, -0.15) is 0 Å². The molecule has 0 fully saturated rings. The number of nitrogens with zero attached hydrogens (tertiary/aromatic N) is 1. The standard InChI is InChI=1S/C21H23N3O4S2/c1-3-24(16-8-5-4-6-9-16)30(25,26)18-11-12-20(27-2)19(14-18)23-21(29)22-15-17-10-7-13-28-17/h4-14H,3,15H2,1-2H3,(H2,22,23,29). The van der Waals surface area contributed by atoms with E-state index in [1.54, 1.807) is 49.6 Å². The summed E-state index contributed by atoms with van der Waals surface area (Å²) in [5.74, 6) is 1.20. The molecule has 2 aromatic carbocycles. The number of hydrogen-bond donors (Lipinski definition) is 2. The number of nitrogens with one attached hydrogen (secondary N) is 2. The molecule has 0 amide bonds. The second-order valence-corrected chi connectivity index (χ2v) is 8.53. The Labute approximate surface area is 181 Å². The topological polar surface area (TPSA) is 83.8 Å². The van der Waals surface area contributed by atoms with Gasteiger partial charge >= 0.3 is 0 Å². The Balaban J connectivity index is 1.84. The maximum absolute atomic E-state index is 13.3. The number of ether oxygens (including phenoxy) is 1. The fourth-order valence-electron chi connectivity index (χ4n) is 2.91. The molecule has 1 aromatic heterocycles. The number of benzene rings is 2. The summed E-state index contributed by atoms with van der Waals surface area (Å²) >= 11 is 5.33. The minimum Gasteiger partial charge on any atom is -0.495 e. The number of rotatable bonds is 8. The van der Waals surface area contributed by atoms with Gasteiger partial charge in [-0.15, -0.1) is 0 Å². The number of para-hydroxylation sites is 1. The molecule has 0 atom stereocenters. The van der Waals surface area contributed by atoms with Crippen molar-refractivity contribution in [3.05, 3.63) is 72.7 Å². The van der Waals surface area contributed by atoms with Crippen LogP contribution in [0.2, 0.25) is 0 Å². The summed E-state index contributed by atoms with van der Waals surface area (Å²) in [6, 6.07) is 17.2. The minimum atomic E-state index is -3.78. The first-order valence-electron chi connectivity index (χ1n) is 9.28. The quantitative estimate of drug-likeness (QED) is 0.507. The molecule has 0 saturated heterocycles. The first-order chi connectivity index (χ1) is 14.5. The van der Waals surface area contributed by atoms with E-state index in [4.69, 9.17) is 21.4 Å². The maximum atomic E-state index is 13.3. The van der Waals surface area contributed by atoms with Gasteiger partial charge < -0.3 is 19.8 Å². The average Bonchev–Trinajstić information content (AvgIpc) is 3.27. The van der Waals surface area contributed by atoms with Crippen molar-refractivity contribution in [2.24, 2.45) is 0 Å². The monoisotopic (exact) mass is 445 g/mol. The van der Waals surface area contributed by atoms with Crippen molar-refractivity contribution >= 4 is 38.7 Å². The summed E-state index contributed by atoms with van der Waals surface area (Å²) in [7, 11) is -2.27. The van der Waals surface area contributed by atoms with E-state index in [2.05, 4.69) is 10.6 Å². The number of anilines is 2. The first-order valence-corrected chi connectivity index (χ1v) is 11.1. The lowest BCUT2D eigenvalue weighted by molar-refractivity contribution is 0.416. The summed E-state index contributed by atoms with van der Waals surface area (Å²) < 4.78 is 38.5. The van der Waals surface area contributed by atoms with Gasteiger partial charge in [-0.25, -0.2) is 8.42 Å². The predicted octanol–water partition coefficient (Wildman–Crippen LogP) is 3.99. The van der Waals surface area contributed by atoms with Crippen LogP contribution in [0.4, 0.5) is 11.4 Å². The van der Waals surface area contributed by atoms with Gasteiger partial charge in [-0.05, 0) is 61.6 Å². The van der Waals surface area contributed by atoms with Crippen LogP contribution in [0.15, 0.2) is 76.2 Å². The number of hydrogen-bond acceptors (Lipinski definition) is 5. The largest absolute Gasteiger partial charge is 0.495 e. The fraction of sp³-hybridized carbons (Fsp3) is 0.190. The average molecular weight is 446 g/mol. The van der Waals surface area contributed by atoms with Gasteiger partial charge in [0.05, 0.1) is 36.2 Å². The van der Waals surface area contributed by atoms with Crippen molar-refractivity contribution < 1.29 is 17.6 Å². The molecule has 0 aliphatic rings. The number of furan rings is 1. The van der Waals surface area contributed by atoms with Crippen LogP contribution >= 0.6 is 12.2 Å². The highest BCUT2D eigenvalue weighted by Crippen LogP contribution is 2.30. The lowest BCUT2D eigenvalue weighted by atomic mass is 10.3. The molecular formula is C21H23N3O4S2. The summed E-state index contributed by atoms with van der Waals surface area (Å²) in [4.78, 5) is 0.130. The Kier molecular flexibility index (Phi) is 6.96. The number of thiocarbonyl (C=S) groups is 1. The third kappa shape index (κ3) is 4.92. The van der Waals surface area contributed by atoms with Crippen LogP contribution < -0.4 is 19.7 Å². The van der Waals surface area contributed by atoms with E-state index in [9.17, 15) is 8.42 Å². The van der Waals surface area contributed by atoms with Gasteiger partial charge in [0.2, 0.25) is 0 Å². The maximum Gasteiger partial charge on any atom is 0.264 e. The van der Waals surface area contributed by atoms with Gasteiger partial charge in [-0.1, -0.05) is 18.2 Å². The molecule has 0 aliphatic heterocycles. The van der Waals surface area contributed by atoms with E-state index in [-0.39, 0.29) is 4.90 Å². The second-order valence-electron chi connectivity index (χ2n) is 6.25. The van der Waals surface area contributed by atoms with Crippen molar-refractivity contribution in [2.45, 2.75) is 18.4 Å². The van der Waals surface area contributed by atoms with Crippen molar-refractivity contribution in [1.29, 1.82) is 0 Å². The predicted molar refractivity (Wildman–Crippen MR) is 121 cm³/mol. The van der Waals surface area contributed by atoms with E-state index in [0.717, 1.165) is 5.76 Å². The number of sulfonamides is 1. The van der Waals surface area contributed by atoms with E-state index in [0.29, 0.717) is 35.3 Å². The van der Waals surface area contributed by atoms with Crippen LogP contribution in [-0.4, -0.2) is 27.2 Å². The van der Waals surface area contributed by atoms with E-state index < -0.39 is 10.0 Å². The summed E-state index contributed by atoms with van der Waals surface area (Å²) in [5.41, 5.74) is 1.04. The molecule has 30 heavy (non-hydrogen) atoms. The highest BCUT2D eigenvalue weighted by molar-refractivity contribution is 7.92. The molecule has 0 unspecified atom stereocenters. The number of methoxy groups -OCH3 is 1. The summed E-state index contributed by atoms with van der Waals surface area (Å²) in [5, 5.41) is 6.33. The first kappa shape index (κ1) is 21.7. The van der Waals surface area contributed by atoms with Crippen LogP contribution in [0.25, 0.3) is 0 Å². The van der Waals surface area contributed by atoms with Crippen molar-refractivity contribution in [3.8, 4) is 5.75 Å². The van der Waals surface area contributed by atoms with Crippen molar-refractivity contribution in [3.63, 3.8) is 0 Å². The zero-order valence-corrected chi connectivity index (χ0v) is 18.3. The Morgan fingerprint density at radius 3 is 2.53 bits per heavy atom. The smallest absolute Gasteiger partial charge is 0.264 e. The molecule has 2 N–H and O–H groups in total. The molecule has 0 bridgehead atoms. The Bertz CT molecular complexity index is 1080. The molecule has 0 radical (unpaired) electrons. The second kappa shape index (κ2) is 9.64. The van der Waals surface area contributed by atoms with E-state index in [1.807, 2.05) is 12.1 Å². The van der Waals surface area contributed by atoms with Crippen molar-refractivity contribution in [1.82, 2.24) is 5.32 Å². The van der Waals surface area contributed by atoms with Crippen LogP contribution in [-0.2, 0) is 16.6 Å². The molecular weight excluding hydrogens is 422 g/mol. The van der Waals surface area contributed by atoms with Gasteiger partial charge in [0, 0.05) is 6.54 Å². The fourth-order valence-corrected chi connectivity index (χ4v) is 4.59. The highest BCUT2D eigenvalue weighted by atomic mass is 32.2. The Morgan fingerprint density at radius 1 is 1.13 bits per heavy atom. The zero-order valence-electron chi connectivity index (χ0n) is 16.7. The third-order valence-corrected chi connectivity index (χ3v) is 6.49. The SMILES string of the molecule is CCN(c1ccccc1)S(=O)(=O)c1ccc(OC)c(NC(=S)NCc2ccco2)c1. The Morgan fingerprint density at radius 2 is 1.90 bits per heavy atom. The molecule has 7 nitrogen and oxygen atoms in total. The molecule has 3 rings (SSSR count). The van der Waals surface area contributed by atoms with Crippen LogP contribution in [0.1, 0.15) is 12.7 Å². The lowest BCUT2D eigenvalue weighted by Gasteiger charge is -2.23. The third-order valence-electron chi connectivity index (χ3n) is 4.34. The molecule has 3 aromatic rings. The molecule has 1 heterocycles. The van der Waals surface area contributed by atoms with Crippen LogP contribution in [0.5, 0.6) is 5.75 Å². The normalized spacial score (nSPS) is 11.0. The summed E-state index contributed by atoms with van der Waals surface area (Å²) in [6.07, 6.45) is 1.58. The minimum absolute atomic E-state index is 0.130. The van der Waals surface area contributed by atoms with Crippen molar-refractivity contribution in [2.75, 3.05) is 23.3 Å². The van der Waals surface area contributed by atoms with Crippen LogP contribution in [0, 0.1) is 0 Å². The highest BCUT2D eigenvalue weighted by Gasteiger charge is 2.24. The molecule has 9 heteroatoms. The molecule has 158 valence electrons. The Hall–Kier alpha value is -3.04. The zero-order chi connectivity index (χ0) is 21.6. The van der Waals surface area contributed by atoms with Gasteiger partial charge in [-0.3, -0.25) is 4.31 Å². The molecule has 0 spiro atoms. The van der Waals surface area contributed by atoms with Gasteiger partial charge in [0.15, 0.2) is 5.11 Å².